The number of esters is 1. The minimum absolute atomic E-state index is 0.270. The Morgan fingerprint density at radius 3 is 2.10 bits per heavy atom. The fourth-order valence-corrected chi connectivity index (χ4v) is 4.42. The van der Waals surface area contributed by atoms with Crippen molar-refractivity contribution in [3.05, 3.63) is 71.8 Å². The maximum absolute atomic E-state index is 11.6. The monoisotopic (exact) mass is 425 g/mol. The second-order valence-corrected chi connectivity index (χ2v) is 8.84. The summed E-state index contributed by atoms with van der Waals surface area (Å²) in [7, 11) is 0. The minimum Gasteiger partial charge on any atom is -0.459 e. The molecule has 6 heteroatoms. The number of nitrogens with zero attached hydrogens (tertiary/aromatic N) is 1. The van der Waals surface area contributed by atoms with Gasteiger partial charge in [-0.15, -0.1) is 0 Å². The van der Waals surface area contributed by atoms with Gasteiger partial charge >= 0.3 is 5.97 Å². The molecule has 2 heterocycles. The second-order valence-electron chi connectivity index (χ2n) is 8.84. The first kappa shape index (κ1) is 22.0. The molecule has 4 rings (SSSR count). The second kappa shape index (κ2) is 9.49. The van der Waals surface area contributed by atoms with E-state index in [2.05, 4.69) is 29.2 Å². The zero-order valence-electron chi connectivity index (χ0n) is 18.1. The van der Waals surface area contributed by atoms with E-state index >= 15 is 0 Å². The summed E-state index contributed by atoms with van der Waals surface area (Å²) in [5.41, 5.74) is 2.41. The summed E-state index contributed by atoms with van der Waals surface area (Å²) >= 11 is 0. The lowest BCUT2D eigenvalue weighted by Gasteiger charge is -2.30. The molecule has 0 bridgehead atoms. The summed E-state index contributed by atoms with van der Waals surface area (Å²) in [5.74, 6) is -1.09. The molecule has 0 radical (unpaired) electrons. The van der Waals surface area contributed by atoms with Crippen LogP contribution < -0.4 is 0 Å². The number of ether oxygens (including phenoxy) is 3. The molecule has 2 aliphatic heterocycles. The number of aliphatic hydroxyl groups is 1. The van der Waals surface area contributed by atoms with Gasteiger partial charge in [0.25, 0.3) is 0 Å². The van der Waals surface area contributed by atoms with Gasteiger partial charge in [-0.3, -0.25) is 9.69 Å². The fourth-order valence-electron chi connectivity index (χ4n) is 4.42. The Morgan fingerprint density at radius 2 is 1.58 bits per heavy atom. The number of carbonyl (C=O) groups excluding carboxylic acids is 1. The first-order valence-electron chi connectivity index (χ1n) is 10.9. The van der Waals surface area contributed by atoms with Crippen molar-refractivity contribution in [2.75, 3.05) is 6.54 Å². The van der Waals surface area contributed by atoms with Gasteiger partial charge in [0.1, 0.15) is 24.4 Å². The van der Waals surface area contributed by atoms with Crippen molar-refractivity contribution < 1.29 is 24.1 Å². The third-order valence-electron chi connectivity index (χ3n) is 5.79. The minimum atomic E-state index is -0.923. The average Bonchev–Trinajstić information content (AvgIpc) is 3.31. The molecule has 0 aliphatic carbocycles. The highest BCUT2D eigenvalue weighted by molar-refractivity contribution is 5.71. The predicted octanol–water partition coefficient (Wildman–Crippen LogP) is 3.28. The molecule has 0 unspecified atom stereocenters. The highest BCUT2D eigenvalue weighted by Gasteiger charge is 2.49. The van der Waals surface area contributed by atoms with Gasteiger partial charge in [-0.1, -0.05) is 60.7 Å². The predicted molar refractivity (Wildman–Crippen MR) is 116 cm³/mol. The zero-order valence-corrected chi connectivity index (χ0v) is 18.1. The van der Waals surface area contributed by atoms with Crippen LogP contribution in [0.4, 0.5) is 0 Å². The number of hydrogen-bond acceptors (Lipinski definition) is 6. The normalized spacial score (nSPS) is 26.2. The van der Waals surface area contributed by atoms with Gasteiger partial charge in [0.15, 0.2) is 5.79 Å². The van der Waals surface area contributed by atoms with E-state index in [0.29, 0.717) is 19.4 Å². The smallest absolute Gasteiger partial charge is 0.306 e. The van der Waals surface area contributed by atoms with Crippen LogP contribution in [0.2, 0.25) is 0 Å². The van der Waals surface area contributed by atoms with E-state index in [1.165, 1.54) is 11.1 Å². The summed E-state index contributed by atoms with van der Waals surface area (Å²) < 4.78 is 17.6. The maximum atomic E-state index is 11.6. The van der Waals surface area contributed by atoms with Crippen LogP contribution in [0.25, 0.3) is 0 Å². The topological polar surface area (TPSA) is 68.2 Å². The molecule has 2 saturated heterocycles. The lowest BCUT2D eigenvalue weighted by molar-refractivity contribution is -0.167. The number of benzene rings is 2. The van der Waals surface area contributed by atoms with Crippen molar-refractivity contribution in [3.63, 3.8) is 0 Å². The summed E-state index contributed by atoms with van der Waals surface area (Å²) in [4.78, 5) is 13.9. The van der Waals surface area contributed by atoms with Crippen LogP contribution in [0.1, 0.15) is 37.8 Å². The van der Waals surface area contributed by atoms with Gasteiger partial charge in [-0.2, -0.15) is 0 Å². The molecule has 0 saturated carbocycles. The first-order valence-corrected chi connectivity index (χ1v) is 10.9. The molecule has 6 nitrogen and oxygen atoms in total. The standard InChI is InChI=1S/C25H31NO5/c1-25(2)30-21(24(31-25)23(28)20-13-14-22(27)29-20)17-26(15-18-9-5-3-6-10-18)16-19-11-7-4-8-12-19/h3-12,20-21,23-24,28H,13-17H2,1-2H3/t20-,21-,23+,24-/m1/s1. The van der Waals surface area contributed by atoms with Crippen molar-refractivity contribution in [2.45, 2.75) is 70.0 Å². The van der Waals surface area contributed by atoms with Crippen LogP contribution in [0.3, 0.4) is 0 Å². The molecule has 4 atom stereocenters. The Balaban J connectivity index is 1.52. The third kappa shape index (κ3) is 5.71. The fraction of sp³-hybridized carbons (Fsp3) is 0.480. The molecule has 1 N–H and O–H groups in total. The first-order chi connectivity index (χ1) is 14.9. The van der Waals surface area contributed by atoms with Gasteiger partial charge in [0, 0.05) is 26.1 Å². The van der Waals surface area contributed by atoms with E-state index in [1.54, 1.807) is 0 Å². The Bertz CT molecular complexity index is 815. The van der Waals surface area contributed by atoms with Crippen LogP contribution in [0.5, 0.6) is 0 Å². The quantitative estimate of drug-likeness (QED) is 0.655. The van der Waals surface area contributed by atoms with Crippen LogP contribution in [0, 0.1) is 0 Å². The van der Waals surface area contributed by atoms with Gasteiger partial charge in [-0.05, 0) is 31.4 Å². The lowest BCUT2D eigenvalue weighted by Crippen LogP contribution is -2.47. The van der Waals surface area contributed by atoms with E-state index in [9.17, 15) is 9.90 Å². The Kier molecular flexibility index (Phi) is 6.72. The van der Waals surface area contributed by atoms with Gasteiger partial charge in [-0.25, -0.2) is 0 Å². The largest absolute Gasteiger partial charge is 0.459 e. The van der Waals surface area contributed by atoms with Crippen molar-refractivity contribution in [1.82, 2.24) is 4.90 Å². The van der Waals surface area contributed by atoms with Crippen molar-refractivity contribution in [1.29, 1.82) is 0 Å². The molecule has 0 amide bonds. The van der Waals surface area contributed by atoms with E-state index in [0.717, 1.165) is 13.1 Å². The number of rotatable bonds is 8. The van der Waals surface area contributed by atoms with Crippen LogP contribution in [-0.4, -0.2) is 52.7 Å². The SMILES string of the molecule is CC1(C)O[C@@H]([C@@H](O)[C@H]2CCC(=O)O2)[C@@H](CN(Cc2ccccc2)Cc2ccccc2)O1. The number of cyclic esters (lactones) is 1. The van der Waals surface area contributed by atoms with Gasteiger partial charge in [0.2, 0.25) is 0 Å². The molecular formula is C25H31NO5. The summed E-state index contributed by atoms with van der Waals surface area (Å²) in [6, 6.07) is 20.6. The third-order valence-corrected chi connectivity index (χ3v) is 5.79. The van der Waals surface area contributed by atoms with Gasteiger partial charge in [0.05, 0.1) is 0 Å². The molecule has 2 aliphatic rings. The Labute approximate surface area is 183 Å². The molecule has 0 aromatic heterocycles. The number of hydrogen-bond donors (Lipinski definition) is 1. The molecular weight excluding hydrogens is 394 g/mol. The van der Waals surface area contributed by atoms with Crippen molar-refractivity contribution in [2.24, 2.45) is 0 Å². The molecule has 2 aromatic rings. The van der Waals surface area contributed by atoms with E-state index in [1.807, 2.05) is 50.2 Å². The van der Waals surface area contributed by atoms with Gasteiger partial charge < -0.3 is 19.3 Å². The highest BCUT2D eigenvalue weighted by atomic mass is 16.8. The summed E-state index contributed by atoms with van der Waals surface area (Å²) in [5, 5.41) is 11.0. The summed E-state index contributed by atoms with van der Waals surface area (Å²) in [6.07, 6.45) is -1.55. The Hall–Kier alpha value is -2.25. The van der Waals surface area contributed by atoms with Crippen molar-refractivity contribution >= 4 is 5.97 Å². The summed E-state index contributed by atoms with van der Waals surface area (Å²) in [6.45, 7) is 5.78. The Morgan fingerprint density at radius 1 is 1.00 bits per heavy atom. The molecule has 0 spiro atoms. The average molecular weight is 426 g/mol. The number of carbonyl (C=O) groups is 1. The highest BCUT2D eigenvalue weighted by Crippen LogP contribution is 2.34. The molecule has 2 fully saturated rings. The lowest BCUT2D eigenvalue weighted by atomic mass is 10.0. The maximum Gasteiger partial charge on any atom is 0.306 e. The van der Waals surface area contributed by atoms with Crippen LogP contribution in [0.15, 0.2) is 60.7 Å². The zero-order chi connectivity index (χ0) is 21.8. The van der Waals surface area contributed by atoms with E-state index in [4.69, 9.17) is 14.2 Å². The van der Waals surface area contributed by atoms with E-state index < -0.39 is 24.1 Å². The van der Waals surface area contributed by atoms with Crippen LogP contribution in [-0.2, 0) is 32.1 Å². The molecule has 31 heavy (non-hydrogen) atoms. The van der Waals surface area contributed by atoms with Crippen LogP contribution >= 0.6 is 0 Å². The van der Waals surface area contributed by atoms with E-state index in [-0.39, 0.29) is 12.1 Å². The number of aliphatic hydroxyl groups excluding tert-OH is 1. The molecule has 2 aromatic carbocycles. The van der Waals surface area contributed by atoms with Crippen molar-refractivity contribution in [3.8, 4) is 0 Å². The molecule has 166 valence electrons.